The molecule has 0 aliphatic carbocycles. The lowest BCUT2D eigenvalue weighted by molar-refractivity contribution is -0.139. The summed E-state index contributed by atoms with van der Waals surface area (Å²) in [5, 5.41) is 0. The lowest BCUT2D eigenvalue weighted by Crippen LogP contribution is -2.58. The summed E-state index contributed by atoms with van der Waals surface area (Å²) in [6, 6.07) is 7.92. The van der Waals surface area contributed by atoms with Crippen molar-refractivity contribution in [3.63, 3.8) is 0 Å². The molecular weight excluding hydrogens is 266 g/mol. The molecule has 0 N–H and O–H groups in total. The molecular formula is C16H23N3O2. The summed E-state index contributed by atoms with van der Waals surface area (Å²) in [4.78, 5) is 29.8. The van der Waals surface area contributed by atoms with Gasteiger partial charge in [0.05, 0.1) is 6.54 Å². The number of amides is 2. The van der Waals surface area contributed by atoms with Crippen LogP contribution >= 0.6 is 0 Å². The van der Waals surface area contributed by atoms with Crippen LogP contribution in [0.3, 0.4) is 0 Å². The van der Waals surface area contributed by atoms with Crippen LogP contribution in [0.2, 0.25) is 0 Å². The van der Waals surface area contributed by atoms with E-state index >= 15 is 0 Å². The van der Waals surface area contributed by atoms with E-state index in [-0.39, 0.29) is 24.4 Å². The smallest absolute Gasteiger partial charge is 0.246 e. The molecule has 0 saturated carbocycles. The predicted octanol–water partition coefficient (Wildman–Crippen LogP) is 1.12. The summed E-state index contributed by atoms with van der Waals surface area (Å²) in [6.07, 6.45) is 0. The molecule has 2 rings (SSSR count). The van der Waals surface area contributed by atoms with Crippen LogP contribution < -0.4 is 4.90 Å². The Kier molecular flexibility index (Phi) is 4.63. The molecule has 1 aromatic rings. The molecule has 5 nitrogen and oxygen atoms in total. The number of carbonyl (C=O) groups excluding carboxylic acids is 2. The molecule has 114 valence electrons. The molecule has 0 spiro atoms. The number of anilines is 1. The Hall–Kier alpha value is -1.88. The van der Waals surface area contributed by atoms with Crippen molar-refractivity contribution in [2.75, 3.05) is 38.6 Å². The molecule has 1 saturated heterocycles. The normalized spacial score (nSPS) is 19.3. The summed E-state index contributed by atoms with van der Waals surface area (Å²) < 4.78 is 0. The fraction of sp³-hybridized carbons (Fsp3) is 0.500. The van der Waals surface area contributed by atoms with Crippen LogP contribution in [-0.4, -0.2) is 61.4 Å². The number of piperazine rings is 1. The van der Waals surface area contributed by atoms with Gasteiger partial charge in [-0.2, -0.15) is 0 Å². The van der Waals surface area contributed by atoms with E-state index in [0.717, 1.165) is 11.3 Å². The first kappa shape index (κ1) is 15.5. The Bertz CT molecular complexity index is 542. The summed E-state index contributed by atoms with van der Waals surface area (Å²) in [7, 11) is 3.71. The maximum atomic E-state index is 12.4. The zero-order chi connectivity index (χ0) is 15.6. The number of rotatable bonds is 3. The van der Waals surface area contributed by atoms with Gasteiger partial charge in [0, 0.05) is 18.3 Å². The highest BCUT2D eigenvalue weighted by atomic mass is 16.2. The minimum Gasteiger partial charge on any atom is -0.328 e. The molecule has 1 aromatic carbocycles. The standard InChI is InChI=1S/C16H23N3O2/c1-12-6-5-7-14(8-12)19-9-13(2)18(11-16(19)21)15(20)10-17(3)4/h5-8,13H,9-11H2,1-4H3. The summed E-state index contributed by atoms with van der Waals surface area (Å²) >= 11 is 0. The van der Waals surface area contributed by atoms with E-state index in [4.69, 9.17) is 0 Å². The predicted molar refractivity (Wildman–Crippen MR) is 83.3 cm³/mol. The number of aryl methyl sites for hydroxylation is 1. The van der Waals surface area contributed by atoms with Gasteiger partial charge in [0.1, 0.15) is 6.54 Å². The number of hydrogen-bond acceptors (Lipinski definition) is 3. The van der Waals surface area contributed by atoms with Gasteiger partial charge in [0.15, 0.2) is 0 Å². The van der Waals surface area contributed by atoms with E-state index in [0.29, 0.717) is 13.1 Å². The van der Waals surface area contributed by atoms with Crippen molar-refractivity contribution >= 4 is 17.5 Å². The van der Waals surface area contributed by atoms with Gasteiger partial charge in [-0.05, 0) is 45.6 Å². The monoisotopic (exact) mass is 289 g/mol. The Labute approximate surface area is 126 Å². The average Bonchev–Trinajstić information content (AvgIpc) is 2.40. The highest BCUT2D eigenvalue weighted by Crippen LogP contribution is 2.21. The minimum atomic E-state index is -0.0224. The molecule has 21 heavy (non-hydrogen) atoms. The minimum absolute atomic E-state index is 0.00439. The van der Waals surface area contributed by atoms with E-state index in [9.17, 15) is 9.59 Å². The largest absolute Gasteiger partial charge is 0.328 e. The van der Waals surface area contributed by atoms with Crippen LogP contribution in [0.15, 0.2) is 24.3 Å². The number of likely N-dealkylation sites (N-methyl/N-ethyl adjacent to an activating group) is 1. The highest BCUT2D eigenvalue weighted by molar-refractivity contribution is 5.98. The zero-order valence-corrected chi connectivity index (χ0v) is 13.2. The molecule has 1 unspecified atom stereocenters. The Morgan fingerprint density at radius 3 is 2.71 bits per heavy atom. The molecule has 1 atom stereocenters. The van der Waals surface area contributed by atoms with Crippen molar-refractivity contribution in [3.8, 4) is 0 Å². The maximum absolute atomic E-state index is 12.4. The van der Waals surface area contributed by atoms with Crippen molar-refractivity contribution < 1.29 is 9.59 Å². The fourth-order valence-corrected chi connectivity index (χ4v) is 2.59. The van der Waals surface area contributed by atoms with Gasteiger partial charge in [0.25, 0.3) is 0 Å². The van der Waals surface area contributed by atoms with E-state index in [1.165, 1.54) is 0 Å². The van der Waals surface area contributed by atoms with Crippen LogP contribution in [0, 0.1) is 6.92 Å². The van der Waals surface area contributed by atoms with Crippen molar-refractivity contribution in [1.29, 1.82) is 0 Å². The summed E-state index contributed by atoms with van der Waals surface area (Å²) in [5.74, 6) is -0.0180. The molecule has 2 amide bonds. The van der Waals surface area contributed by atoms with Gasteiger partial charge in [-0.1, -0.05) is 12.1 Å². The van der Waals surface area contributed by atoms with Crippen molar-refractivity contribution in [3.05, 3.63) is 29.8 Å². The van der Waals surface area contributed by atoms with Crippen LogP contribution in [0.5, 0.6) is 0 Å². The van der Waals surface area contributed by atoms with Crippen molar-refractivity contribution in [2.24, 2.45) is 0 Å². The first-order valence-electron chi connectivity index (χ1n) is 7.19. The SMILES string of the molecule is Cc1cccc(N2CC(C)N(C(=O)CN(C)C)CC2=O)c1. The van der Waals surface area contributed by atoms with Crippen LogP contribution in [0.1, 0.15) is 12.5 Å². The van der Waals surface area contributed by atoms with E-state index in [1.54, 1.807) is 9.80 Å². The number of carbonyl (C=O) groups is 2. The van der Waals surface area contributed by atoms with Gasteiger partial charge in [0.2, 0.25) is 11.8 Å². The van der Waals surface area contributed by atoms with E-state index in [1.807, 2.05) is 57.1 Å². The molecule has 1 heterocycles. The first-order chi connectivity index (χ1) is 9.88. The second kappa shape index (κ2) is 6.26. The van der Waals surface area contributed by atoms with Gasteiger partial charge in [-0.25, -0.2) is 0 Å². The van der Waals surface area contributed by atoms with Crippen LogP contribution in [0.25, 0.3) is 0 Å². The van der Waals surface area contributed by atoms with E-state index in [2.05, 4.69) is 0 Å². The van der Waals surface area contributed by atoms with Crippen LogP contribution in [0.4, 0.5) is 5.69 Å². The molecule has 1 aliphatic rings. The van der Waals surface area contributed by atoms with Crippen molar-refractivity contribution in [1.82, 2.24) is 9.80 Å². The second-order valence-electron chi connectivity index (χ2n) is 5.95. The van der Waals surface area contributed by atoms with Gasteiger partial charge in [-0.15, -0.1) is 0 Å². The highest BCUT2D eigenvalue weighted by Gasteiger charge is 2.33. The number of nitrogens with zero attached hydrogens (tertiary/aromatic N) is 3. The molecule has 5 heteroatoms. The van der Waals surface area contributed by atoms with Gasteiger partial charge >= 0.3 is 0 Å². The van der Waals surface area contributed by atoms with Crippen LogP contribution in [-0.2, 0) is 9.59 Å². The Balaban J connectivity index is 2.12. The quantitative estimate of drug-likeness (QED) is 0.837. The zero-order valence-electron chi connectivity index (χ0n) is 13.2. The molecule has 1 aliphatic heterocycles. The third-order valence-electron chi connectivity index (χ3n) is 3.67. The molecule has 0 aromatic heterocycles. The third-order valence-corrected chi connectivity index (χ3v) is 3.67. The Morgan fingerprint density at radius 2 is 2.10 bits per heavy atom. The lowest BCUT2D eigenvalue weighted by Gasteiger charge is -2.39. The van der Waals surface area contributed by atoms with Gasteiger partial charge < -0.3 is 14.7 Å². The average molecular weight is 289 g/mol. The summed E-state index contributed by atoms with van der Waals surface area (Å²) in [6.45, 7) is 5.03. The van der Waals surface area contributed by atoms with E-state index < -0.39 is 0 Å². The molecule has 0 radical (unpaired) electrons. The molecule has 0 bridgehead atoms. The third kappa shape index (κ3) is 3.61. The number of hydrogen-bond donors (Lipinski definition) is 0. The number of benzene rings is 1. The fourth-order valence-electron chi connectivity index (χ4n) is 2.59. The first-order valence-corrected chi connectivity index (χ1v) is 7.19. The second-order valence-corrected chi connectivity index (χ2v) is 5.95. The molecule has 1 fully saturated rings. The lowest BCUT2D eigenvalue weighted by atomic mass is 10.1. The maximum Gasteiger partial charge on any atom is 0.246 e. The van der Waals surface area contributed by atoms with Gasteiger partial charge in [-0.3, -0.25) is 9.59 Å². The topological polar surface area (TPSA) is 43.9 Å². The van der Waals surface area contributed by atoms with Crippen molar-refractivity contribution in [2.45, 2.75) is 19.9 Å². The summed E-state index contributed by atoms with van der Waals surface area (Å²) in [5.41, 5.74) is 2.03. The Morgan fingerprint density at radius 1 is 1.38 bits per heavy atom.